The highest BCUT2D eigenvalue weighted by Gasteiger charge is 2.75. The van der Waals surface area contributed by atoms with E-state index in [4.69, 9.17) is 4.74 Å². The zero-order chi connectivity index (χ0) is 21.1. The van der Waals surface area contributed by atoms with Gasteiger partial charge >= 0.3 is 0 Å². The van der Waals surface area contributed by atoms with E-state index >= 15 is 0 Å². The Morgan fingerprint density at radius 2 is 1.80 bits per heavy atom. The number of thioether (sulfide) groups is 1. The number of benzene rings is 2. The molecule has 1 N–H and O–H groups in total. The highest BCUT2D eigenvalue weighted by Crippen LogP contribution is 2.59. The molecule has 0 aromatic heterocycles. The number of rotatable bonds is 5. The van der Waals surface area contributed by atoms with Crippen molar-refractivity contribution in [3.63, 3.8) is 0 Å². The van der Waals surface area contributed by atoms with Gasteiger partial charge < -0.3 is 10.1 Å². The van der Waals surface area contributed by atoms with Gasteiger partial charge in [-0.3, -0.25) is 9.10 Å². The van der Waals surface area contributed by atoms with Crippen LogP contribution in [0.3, 0.4) is 0 Å². The first kappa shape index (κ1) is 19.8. The number of carbonyl (C=O) groups is 1. The van der Waals surface area contributed by atoms with Crippen molar-refractivity contribution in [3.05, 3.63) is 53.6 Å². The lowest BCUT2D eigenvalue weighted by Crippen LogP contribution is -2.42. The number of nitrogens with one attached hydrogen (secondary N) is 1. The summed E-state index contributed by atoms with van der Waals surface area (Å²) in [5, 5.41) is 2.83. The smallest absolute Gasteiger partial charge is 0.250 e. The van der Waals surface area contributed by atoms with Crippen LogP contribution in [0.25, 0.3) is 0 Å². The number of ether oxygens (including phenoxy) is 1. The molecule has 5 rings (SSSR count). The maximum Gasteiger partial charge on any atom is 0.250 e. The third kappa shape index (κ3) is 2.92. The van der Waals surface area contributed by atoms with Crippen molar-refractivity contribution >= 4 is 39.1 Å². The summed E-state index contributed by atoms with van der Waals surface area (Å²) >= 11 is 1.85. The number of hydrogen-bond acceptors (Lipinski definition) is 5. The highest BCUT2D eigenvalue weighted by atomic mass is 32.2. The molecule has 1 amide bonds. The monoisotopic (exact) mass is 444 g/mol. The lowest BCUT2D eigenvalue weighted by Gasteiger charge is -2.26. The van der Waals surface area contributed by atoms with Gasteiger partial charge in [0.15, 0.2) is 4.75 Å². The zero-order valence-corrected chi connectivity index (χ0v) is 18.6. The topological polar surface area (TPSA) is 75.7 Å². The Bertz CT molecular complexity index is 1090. The van der Waals surface area contributed by atoms with Gasteiger partial charge in [0.05, 0.1) is 5.69 Å². The van der Waals surface area contributed by atoms with Crippen LogP contribution in [0, 0.1) is 19.8 Å². The van der Waals surface area contributed by atoms with Crippen molar-refractivity contribution in [1.29, 1.82) is 0 Å². The molecule has 3 fully saturated rings. The van der Waals surface area contributed by atoms with Crippen molar-refractivity contribution in [2.24, 2.45) is 5.92 Å². The van der Waals surface area contributed by atoms with Gasteiger partial charge in [-0.1, -0.05) is 18.2 Å². The van der Waals surface area contributed by atoms with Crippen molar-refractivity contribution in [3.8, 4) is 5.75 Å². The molecule has 30 heavy (non-hydrogen) atoms. The highest BCUT2D eigenvalue weighted by molar-refractivity contribution is 8.00. The summed E-state index contributed by atoms with van der Waals surface area (Å²) in [6.45, 7) is 4.16. The number of sulfonamides is 1. The Morgan fingerprint density at radius 1 is 1.13 bits per heavy atom. The summed E-state index contributed by atoms with van der Waals surface area (Å²) in [7, 11) is -3.80. The molecule has 3 aliphatic rings. The quantitative estimate of drug-likeness (QED) is 0.766. The van der Waals surface area contributed by atoms with Crippen LogP contribution >= 0.6 is 11.8 Å². The van der Waals surface area contributed by atoms with Gasteiger partial charge in [-0.25, -0.2) is 8.42 Å². The molecular weight excluding hydrogens is 420 g/mol. The fourth-order valence-electron chi connectivity index (χ4n) is 4.46. The van der Waals surface area contributed by atoms with Crippen LogP contribution in [0.15, 0.2) is 42.5 Å². The Balaban J connectivity index is 1.35. The second-order valence-electron chi connectivity index (χ2n) is 8.32. The summed E-state index contributed by atoms with van der Waals surface area (Å²) in [6, 6.07) is 12.9. The summed E-state index contributed by atoms with van der Waals surface area (Å²) < 4.78 is 32.8. The van der Waals surface area contributed by atoms with E-state index in [0.29, 0.717) is 24.3 Å². The first-order valence-electron chi connectivity index (χ1n) is 10.1. The summed E-state index contributed by atoms with van der Waals surface area (Å²) in [6.07, 6.45) is 0.629. The molecule has 2 aromatic carbocycles. The molecule has 158 valence electrons. The van der Waals surface area contributed by atoms with Crippen LogP contribution in [0.5, 0.6) is 5.75 Å². The Hall–Kier alpha value is -2.19. The van der Waals surface area contributed by atoms with Gasteiger partial charge in [-0.15, -0.1) is 0 Å². The van der Waals surface area contributed by atoms with Gasteiger partial charge in [0, 0.05) is 29.7 Å². The number of anilines is 2. The number of fused-ring (bicyclic) bond motifs is 1. The Labute approximate surface area is 181 Å². The van der Waals surface area contributed by atoms with E-state index in [-0.39, 0.29) is 12.0 Å². The Morgan fingerprint density at radius 3 is 2.40 bits per heavy atom. The zero-order valence-electron chi connectivity index (χ0n) is 16.9. The van der Waals surface area contributed by atoms with Crippen LogP contribution in [0.4, 0.5) is 11.4 Å². The van der Waals surface area contributed by atoms with Crippen LogP contribution in [0.2, 0.25) is 0 Å². The summed E-state index contributed by atoms with van der Waals surface area (Å²) in [5.74, 6) is 2.13. The summed E-state index contributed by atoms with van der Waals surface area (Å²) in [5.41, 5.74) is 3.08. The largest absolute Gasteiger partial charge is 0.489 e. The van der Waals surface area contributed by atoms with Gasteiger partial charge in [0.25, 0.3) is 0 Å². The normalized spacial score (nSPS) is 26.6. The molecule has 2 aromatic rings. The van der Waals surface area contributed by atoms with E-state index < -0.39 is 20.7 Å². The molecule has 0 bridgehead atoms. The number of aryl methyl sites for hydroxylation is 2. The van der Waals surface area contributed by atoms with Crippen LogP contribution in [-0.2, 0) is 14.8 Å². The predicted octanol–water partition coefficient (Wildman–Crippen LogP) is 3.34. The molecule has 2 aliphatic heterocycles. The van der Waals surface area contributed by atoms with Crippen molar-refractivity contribution in [2.45, 2.75) is 31.1 Å². The van der Waals surface area contributed by atoms with Crippen molar-refractivity contribution < 1.29 is 17.9 Å². The fraction of sp³-hybridized carbons (Fsp3) is 0.409. The van der Waals surface area contributed by atoms with Crippen LogP contribution < -0.4 is 14.4 Å². The molecule has 6 nitrogen and oxygen atoms in total. The Kier molecular flexibility index (Phi) is 4.56. The first-order chi connectivity index (χ1) is 14.3. The standard InChI is InChI=1S/C22H24N2O4S2/c1-14-4-3-5-15(2)20(14)24-11-16-10-22(16,30(24,26)27)21(25)23-17-6-8-18(9-7-17)28-19-12-29-13-19/h3-9,16,19H,10-13H2,1-2H3,(H,23,25)/t16-,22+/m1/s1. The molecule has 0 spiro atoms. The number of hydrogen-bond donors (Lipinski definition) is 1. The van der Waals surface area contributed by atoms with Crippen molar-refractivity contribution in [1.82, 2.24) is 0 Å². The van der Waals surface area contributed by atoms with E-state index in [1.54, 1.807) is 12.1 Å². The molecule has 1 saturated carbocycles. The maximum atomic E-state index is 13.5. The minimum Gasteiger partial charge on any atom is -0.489 e. The molecule has 2 atom stereocenters. The molecule has 8 heteroatoms. The average Bonchev–Trinajstić information content (AvgIpc) is 3.36. The van der Waals surface area contributed by atoms with E-state index in [1.165, 1.54) is 4.31 Å². The van der Waals surface area contributed by atoms with E-state index in [2.05, 4.69) is 5.32 Å². The van der Waals surface area contributed by atoms with Crippen molar-refractivity contribution in [2.75, 3.05) is 27.7 Å². The maximum absolute atomic E-state index is 13.5. The summed E-state index contributed by atoms with van der Waals surface area (Å²) in [4.78, 5) is 13.1. The first-order valence-corrected chi connectivity index (χ1v) is 12.7. The third-order valence-electron chi connectivity index (χ3n) is 6.28. The van der Waals surface area contributed by atoms with Crippen LogP contribution in [-0.4, -0.2) is 43.2 Å². The van der Waals surface area contributed by atoms with Gasteiger partial charge in [0.2, 0.25) is 15.9 Å². The number of nitrogens with zero attached hydrogens (tertiary/aromatic N) is 1. The van der Waals surface area contributed by atoms with Gasteiger partial charge in [0.1, 0.15) is 11.9 Å². The minimum atomic E-state index is -3.80. The number of para-hydroxylation sites is 1. The second-order valence-corrected chi connectivity index (χ2v) is 11.5. The molecule has 1 aliphatic carbocycles. The number of carbonyl (C=O) groups excluding carboxylic acids is 1. The SMILES string of the molecule is Cc1cccc(C)c1N1C[C@H]2C[C@]2(C(=O)Nc2ccc(OC3CSC3)cc2)S1(=O)=O. The average molecular weight is 445 g/mol. The van der Waals surface area contributed by atoms with E-state index in [1.807, 2.05) is 55.9 Å². The molecule has 2 heterocycles. The third-order valence-corrected chi connectivity index (χ3v) is 10.0. The minimum absolute atomic E-state index is 0.180. The number of amides is 1. The van der Waals surface area contributed by atoms with Crippen LogP contribution in [0.1, 0.15) is 17.5 Å². The predicted molar refractivity (Wildman–Crippen MR) is 120 cm³/mol. The molecule has 2 saturated heterocycles. The van der Waals surface area contributed by atoms with E-state index in [9.17, 15) is 13.2 Å². The molecule has 0 unspecified atom stereocenters. The second kappa shape index (κ2) is 6.92. The lowest BCUT2D eigenvalue weighted by molar-refractivity contribution is -0.116. The lowest BCUT2D eigenvalue weighted by atomic mass is 10.1. The van der Waals surface area contributed by atoms with Gasteiger partial charge in [-0.2, -0.15) is 11.8 Å². The fourth-order valence-corrected chi connectivity index (χ4v) is 7.52. The van der Waals surface area contributed by atoms with E-state index in [0.717, 1.165) is 28.4 Å². The molecular formula is C22H24N2O4S2. The van der Waals surface area contributed by atoms with Gasteiger partial charge in [-0.05, 0) is 55.7 Å². The molecule has 0 radical (unpaired) electrons.